The predicted molar refractivity (Wildman–Crippen MR) is 442 cm³/mol. The topological polar surface area (TPSA) is 297 Å². The summed E-state index contributed by atoms with van der Waals surface area (Å²) in [5, 5.41) is 5.39. The Labute approximate surface area is 691 Å². The highest BCUT2D eigenvalue weighted by Crippen LogP contribution is 2.44. The molecule has 0 fully saturated rings. The minimum absolute atomic E-state index is 0.159. The second-order valence-corrected chi connectivity index (χ2v) is 28.6. The highest BCUT2D eigenvalue weighted by Gasteiger charge is 2.43. The Morgan fingerprint density at radius 2 is 0.433 bits per heavy atom. The van der Waals surface area contributed by atoms with Crippen molar-refractivity contribution in [1.82, 2.24) is 9.80 Å². The molecule has 0 saturated carbocycles. The van der Waals surface area contributed by atoms with Gasteiger partial charge in [0.05, 0.1) is 117 Å². The van der Waals surface area contributed by atoms with E-state index in [1.54, 1.807) is 84.9 Å². The van der Waals surface area contributed by atoms with Crippen molar-refractivity contribution in [3.63, 3.8) is 0 Å². The molecule has 624 valence electrons. The number of amides is 8. The number of rotatable bonds is 8. The average molecular weight is 1640 g/mol. The number of imide groups is 4. The molecule has 28 nitrogen and oxygen atoms in total. The maximum absolute atomic E-state index is 14.3. The molecular formula is C92H92N4O24. The van der Waals surface area contributed by atoms with Crippen molar-refractivity contribution in [3.05, 3.63) is 202 Å². The van der Waals surface area contributed by atoms with Gasteiger partial charge in [-0.15, -0.1) is 0 Å². The number of ether oxygens (including phenoxy) is 16. The highest BCUT2D eigenvalue weighted by atomic mass is 16.6. The van der Waals surface area contributed by atoms with E-state index in [0.29, 0.717) is 186 Å². The molecule has 0 saturated heterocycles. The van der Waals surface area contributed by atoms with Crippen molar-refractivity contribution in [2.75, 3.05) is 181 Å². The van der Waals surface area contributed by atoms with Gasteiger partial charge in [-0.25, -0.2) is 9.80 Å². The van der Waals surface area contributed by atoms with Gasteiger partial charge in [0.2, 0.25) is 0 Å². The molecule has 8 amide bonds. The van der Waals surface area contributed by atoms with Gasteiger partial charge in [0.1, 0.15) is 75.9 Å². The highest BCUT2D eigenvalue weighted by molar-refractivity contribution is 6.41. The van der Waals surface area contributed by atoms with Crippen LogP contribution in [0.5, 0.6) is 46.0 Å². The van der Waals surface area contributed by atoms with Crippen molar-refractivity contribution in [1.29, 1.82) is 0 Å². The summed E-state index contributed by atoms with van der Waals surface area (Å²) < 4.78 is 94.3. The second-order valence-electron chi connectivity index (χ2n) is 28.6. The number of unbranched alkanes of at least 4 members (excludes halogenated alkanes) is 2. The zero-order valence-corrected chi connectivity index (χ0v) is 66.8. The quantitative estimate of drug-likeness (QED) is 0.128. The maximum atomic E-state index is 14.3. The normalized spacial score (nSPS) is 17.5. The van der Waals surface area contributed by atoms with Crippen LogP contribution >= 0.6 is 0 Å². The van der Waals surface area contributed by atoms with Crippen LogP contribution in [0.2, 0.25) is 0 Å². The van der Waals surface area contributed by atoms with Gasteiger partial charge < -0.3 is 75.8 Å². The molecule has 0 aliphatic carbocycles. The van der Waals surface area contributed by atoms with Crippen LogP contribution in [-0.4, -0.2) is 229 Å². The number of carbonyl (C=O) groups is 8. The fourth-order valence-corrected chi connectivity index (χ4v) is 14.9. The Kier molecular flexibility index (Phi) is 27.4. The summed E-state index contributed by atoms with van der Waals surface area (Å²) >= 11 is 0. The van der Waals surface area contributed by atoms with Crippen LogP contribution in [-0.2, 0) is 37.9 Å². The van der Waals surface area contributed by atoms with Crippen LogP contribution < -0.4 is 47.7 Å². The van der Waals surface area contributed by atoms with Crippen LogP contribution in [0.1, 0.15) is 122 Å². The molecule has 0 aromatic heterocycles. The lowest BCUT2D eigenvalue weighted by molar-refractivity contribution is 0.0254. The van der Waals surface area contributed by atoms with Gasteiger partial charge in [0.25, 0.3) is 47.3 Å². The first-order valence-electron chi connectivity index (χ1n) is 40.5. The average Bonchev–Trinajstić information content (AvgIpc) is 0.713. The maximum Gasteiger partial charge on any atom is 0.265 e. The Morgan fingerprint density at radius 3 is 0.650 bits per heavy atom. The smallest absolute Gasteiger partial charge is 0.265 e. The Balaban J connectivity index is 0.000000187. The lowest BCUT2D eigenvalue weighted by atomic mass is 9.85. The largest absolute Gasteiger partial charge is 0.491 e. The minimum Gasteiger partial charge on any atom is -0.491 e. The van der Waals surface area contributed by atoms with Crippen molar-refractivity contribution >= 4 is 102 Å². The van der Waals surface area contributed by atoms with E-state index in [0.717, 1.165) is 44.2 Å². The lowest BCUT2D eigenvalue weighted by Gasteiger charge is -2.32. The van der Waals surface area contributed by atoms with E-state index in [9.17, 15) is 38.4 Å². The number of anilines is 2. The molecule has 120 heavy (non-hydrogen) atoms. The molecule has 10 aromatic rings. The number of fused-ring (bicyclic) bond motifs is 8. The van der Waals surface area contributed by atoms with E-state index in [2.05, 4.69) is 0 Å². The first-order chi connectivity index (χ1) is 58.8. The minimum atomic E-state index is -0.609. The van der Waals surface area contributed by atoms with E-state index < -0.39 is 47.3 Å². The number of benzene rings is 10. The van der Waals surface area contributed by atoms with Crippen LogP contribution in [0, 0.1) is 0 Å². The molecule has 16 rings (SSSR count). The summed E-state index contributed by atoms with van der Waals surface area (Å²) in [5.41, 5.74) is 2.39. The molecule has 6 aliphatic rings. The number of carbonyl (C=O) groups excluding carboxylic acids is 8. The summed E-state index contributed by atoms with van der Waals surface area (Å²) in [6.45, 7) is 11.4. The van der Waals surface area contributed by atoms with Crippen LogP contribution in [0.3, 0.4) is 0 Å². The second kappa shape index (κ2) is 39.6. The fraction of sp³-hybridized carbons (Fsp3) is 0.348. The lowest BCUT2D eigenvalue weighted by Crippen LogP contribution is -2.43. The zero-order valence-electron chi connectivity index (χ0n) is 66.8. The van der Waals surface area contributed by atoms with Crippen LogP contribution in [0.15, 0.2) is 158 Å². The molecule has 28 heteroatoms. The standard InChI is InChI=1S/2C46H46N2O12/c2*1-2-3-12-47-43(49)35-8-10-37-42-38(11-9-36(41(35)42)44(47)50)46(52)48(45(37)51)32-27-33-29-34(28-32)58-22-18-54-14-16-56-20-24-60-40-26-31-7-5-4-6-30(31)25-39(40)59-23-19-55-15-13-53-17-21-57-33/h2*4-11,25-29H,2-3,12-24H2,1H3. The molecule has 10 aromatic carbocycles. The molecule has 6 aliphatic heterocycles. The predicted octanol–water partition coefficient (Wildman–Crippen LogP) is 13.0. The summed E-state index contributed by atoms with van der Waals surface area (Å²) in [6.07, 6.45) is 2.95. The van der Waals surface area contributed by atoms with Crippen molar-refractivity contribution < 1.29 is 114 Å². The van der Waals surface area contributed by atoms with E-state index in [1.165, 1.54) is 9.80 Å². The number of nitrogens with zero attached hydrogens (tertiary/aromatic N) is 4. The monoisotopic (exact) mass is 1640 g/mol. The molecule has 4 bridgehead atoms. The van der Waals surface area contributed by atoms with Gasteiger partial charge in [-0.1, -0.05) is 75.2 Å². The molecule has 0 N–H and O–H groups in total. The van der Waals surface area contributed by atoms with E-state index in [1.807, 2.05) is 86.6 Å². The van der Waals surface area contributed by atoms with Crippen LogP contribution in [0.25, 0.3) is 43.1 Å². The van der Waals surface area contributed by atoms with E-state index >= 15 is 0 Å². The molecule has 0 spiro atoms. The summed E-state index contributed by atoms with van der Waals surface area (Å²) in [7, 11) is 0. The summed E-state index contributed by atoms with van der Waals surface area (Å²) in [6, 6.07) is 45.9. The first-order valence-corrected chi connectivity index (χ1v) is 40.5. The van der Waals surface area contributed by atoms with Gasteiger partial charge in [-0.05, 0) is 107 Å². The zero-order chi connectivity index (χ0) is 82.9. The molecule has 0 unspecified atom stereocenters. The van der Waals surface area contributed by atoms with Crippen molar-refractivity contribution in [2.24, 2.45) is 0 Å². The van der Waals surface area contributed by atoms with E-state index in [-0.39, 0.29) is 122 Å². The third-order valence-corrected chi connectivity index (χ3v) is 20.7. The first kappa shape index (κ1) is 83.0. The number of hydrogen-bond acceptors (Lipinski definition) is 24. The van der Waals surface area contributed by atoms with Crippen molar-refractivity contribution in [2.45, 2.75) is 39.5 Å². The van der Waals surface area contributed by atoms with Gasteiger partial charge in [-0.2, -0.15) is 0 Å². The van der Waals surface area contributed by atoms with Gasteiger partial charge >= 0.3 is 0 Å². The Morgan fingerprint density at radius 1 is 0.233 bits per heavy atom. The van der Waals surface area contributed by atoms with Gasteiger partial charge in [0.15, 0.2) is 23.0 Å². The number of hydrogen-bond donors (Lipinski definition) is 0. The molecule has 6 heterocycles. The summed E-state index contributed by atoms with van der Waals surface area (Å²) in [5.74, 6) is -0.336. The SMILES string of the molecule is CCCCN1C(=O)c2ccc3c4c(ccc(c24)C1=O)C(=O)N(c1cc2cc(c1)OCCOCCOCCOc1cc4ccccc4cc1OCCOCCOCCO2)C3=O.CCCCN1C(=O)c2ccc3c4c(ccc(c24)C1=O)C(=O)N(c1cc2cc(c1)OCCOCCOCCOc1cc4ccccc4cc1OCCOCCOCCO2)C3=O. The molecular weight excluding hydrogens is 1550 g/mol. The summed E-state index contributed by atoms with van der Waals surface area (Å²) in [4.78, 5) is 116. The molecule has 0 atom stereocenters. The third-order valence-electron chi connectivity index (χ3n) is 20.7. The third kappa shape index (κ3) is 18.7. The Bertz CT molecular complexity index is 4860. The fourth-order valence-electron chi connectivity index (χ4n) is 14.9. The van der Waals surface area contributed by atoms with Gasteiger partial charge in [0, 0.05) is 116 Å². The Hall–Kier alpha value is -12.1. The van der Waals surface area contributed by atoms with E-state index in [4.69, 9.17) is 75.8 Å². The van der Waals surface area contributed by atoms with Crippen molar-refractivity contribution in [3.8, 4) is 46.0 Å². The van der Waals surface area contributed by atoms with Crippen LogP contribution in [0.4, 0.5) is 11.4 Å². The van der Waals surface area contributed by atoms with Gasteiger partial charge in [-0.3, -0.25) is 48.2 Å². The molecule has 0 radical (unpaired) electrons.